The molecule has 1 aliphatic rings. The van der Waals surface area contributed by atoms with E-state index in [2.05, 4.69) is 40.0 Å². The molecular formula is C23H18BrN3O3S. The quantitative estimate of drug-likeness (QED) is 0.381. The molecule has 3 heterocycles. The van der Waals surface area contributed by atoms with E-state index in [0.29, 0.717) is 27.6 Å². The minimum absolute atomic E-state index is 0.0642. The number of aromatic nitrogens is 2. The van der Waals surface area contributed by atoms with Crippen LogP contribution >= 0.6 is 27.3 Å². The highest BCUT2D eigenvalue weighted by Crippen LogP contribution is 2.42. The summed E-state index contributed by atoms with van der Waals surface area (Å²) in [6, 6.07) is 14.1. The zero-order chi connectivity index (χ0) is 21.7. The van der Waals surface area contributed by atoms with E-state index in [9.17, 15) is 9.59 Å². The highest BCUT2D eigenvalue weighted by atomic mass is 79.9. The number of benzene rings is 2. The molecule has 2 aromatic carbocycles. The first kappa shape index (κ1) is 20.1. The van der Waals surface area contributed by atoms with E-state index in [4.69, 9.17) is 4.42 Å². The van der Waals surface area contributed by atoms with Gasteiger partial charge in [0.2, 0.25) is 10.9 Å². The Labute approximate surface area is 190 Å². The molecule has 0 saturated carbocycles. The average Bonchev–Trinajstić information content (AvgIpc) is 3.31. The molecule has 0 saturated heterocycles. The van der Waals surface area contributed by atoms with Gasteiger partial charge in [0.15, 0.2) is 5.43 Å². The van der Waals surface area contributed by atoms with Gasteiger partial charge in [-0.1, -0.05) is 71.4 Å². The predicted octanol–water partition coefficient (Wildman–Crippen LogP) is 5.36. The molecule has 4 aromatic rings. The molecule has 1 atom stereocenters. The maximum absolute atomic E-state index is 13.5. The molecule has 156 valence electrons. The van der Waals surface area contributed by atoms with Crippen LogP contribution in [0.4, 0.5) is 5.13 Å². The van der Waals surface area contributed by atoms with Crippen LogP contribution in [0.3, 0.4) is 0 Å². The number of halogens is 1. The fourth-order valence-corrected chi connectivity index (χ4v) is 5.31. The number of carbonyl (C=O) groups excluding carboxylic acids is 1. The second-order valence-corrected chi connectivity index (χ2v) is 9.84. The maximum atomic E-state index is 13.5. The van der Waals surface area contributed by atoms with Crippen LogP contribution in [-0.4, -0.2) is 16.1 Å². The average molecular weight is 496 g/mol. The van der Waals surface area contributed by atoms with Crippen molar-refractivity contribution in [2.75, 3.05) is 4.90 Å². The van der Waals surface area contributed by atoms with E-state index in [1.807, 2.05) is 30.3 Å². The Morgan fingerprint density at radius 3 is 2.65 bits per heavy atom. The second kappa shape index (κ2) is 7.69. The molecule has 0 unspecified atom stereocenters. The summed E-state index contributed by atoms with van der Waals surface area (Å²) in [5.41, 5.74) is 1.32. The summed E-state index contributed by atoms with van der Waals surface area (Å²) in [5.74, 6) is 0.108. The molecule has 8 heteroatoms. The second-order valence-electron chi connectivity index (χ2n) is 7.88. The fourth-order valence-electron chi connectivity index (χ4n) is 3.87. The lowest BCUT2D eigenvalue weighted by molar-refractivity contribution is 0.0970. The minimum atomic E-state index is -0.622. The number of hydrogen-bond acceptors (Lipinski definition) is 6. The molecule has 1 aliphatic heterocycles. The molecule has 0 bridgehead atoms. The Balaban J connectivity index is 1.74. The van der Waals surface area contributed by atoms with Crippen molar-refractivity contribution in [3.8, 4) is 0 Å². The van der Waals surface area contributed by atoms with Crippen LogP contribution in [0.5, 0.6) is 0 Å². The maximum Gasteiger partial charge on any atom is 0.297 e. The number of rotatable bonds is 4. The first-order valence-electron chi connectivity index (χ1n) is 9.91. The largest absolute Gasteiger partial charge is 0.450 e. The normalized spacial score (nSPS) is 15.8. The molecule has 6 nitrogen and oxygen atoms in total. The molecule has 0 spiro atoms. The number of anilines is 1. The van der Waals surface area contributed by atoms with Crippen LogP contribution in [0, 0.1) is 5.92 Å². The third-order valence-electron chi connectivity index (χ3n) is 5.19. The number of carbonyl (C=O) groups is 1. The van der Waals surface area contributed by atoms with Gasteiger partial charge >= 0.3 is 0 Å². The smallest absolute Gasteiger partial charge is 0.297 e. The number of amides is 1. The molecule has 0 aliphatic carbocycles. The monoisotopic (exact) mass is 495 g/mol. The van der Waals surface area contributed by atoms with E-state index in [0.717, 1.165) is 21.5 Å². The van der Waals surface area contributed by atoms with Crippen LogP contribution in [0.2, 0.25) is 0 Å². The summed E-state index contributed by atoms with van der Waals surface area (Å²) in [6.07, 6.45) is 0.776. The van der Waals surface area contributed by atoms with Gasteiger partial charge in [0.1, 0.15) is 10.6 Å². The molecule has 0 radical (unpaired) electrons. The molecular weight excluding hydrogens is 478 g/mol. The van der Waals surface area contributed by atoms with Crippen molar-refractivity contribution in [3.05, 3.63) is 85.1 Å². The summed E-state index contributed by atoms with van der Waals surface area (Å²) in [5, 5.41) is 10.3. The lowest BCUT2D eigenvalue weighted by Gasteiger charge is -2.21. The molecule has 31 heavy (non-hydrogen) atoms. The van der Waals surface area contributed by atoms with Gasteiger partial charge in [0.05, 0.1) is 17.0 Å². The number of hydrogen-bond donors (Lipinski definition) is 0. The first-order chi connectivity index (χ1) is 14.9. The third-order valence-corrected chi connectivity index (χ3v) is 6.63. The van der Waals surface area contributed by atoms with Crippen LogP contribution in [-0.2, 0) is 6.42 Å². The van der Waals surface area contributed by atoms with Gasteiger partial charge in [-0.25, -0.2) is 0 Å². The first-order valence-corrected chi connectivity index (χ1v) is 11.5. The van der Waals surface area contributed by atoms with Crippen molar-refractivity contribution in [2.24, 2.45) is 5.92 Å². The van der Waals surface area contributed by atoms with E-state index in [-0.39, 0.29) is 17.1 Å². The van der Waals surface area contributed by atoms with Crippen molar-refractivity contribution < 1.29 is 9.21 Å². The third kappa shape index (κ3) is 3.40. The molecule has 5 rings (SSSR count). The van der Waals surface area contributed by atoms with Crippen LogP contribution < -0.4 is 10.3 Å². The van der Waals surface area contributed by atoms with Gasteiger partial charge in [-0.2, -0.15) is 0 Å². The lowest BCUT2D eigenvalue weighted by Crippen LogP contribution is -2.29. The highest BCUT2D eigenvalue weighted by molar-refractivity contribution is 9.10. The minimum Gasteiger partial charge on any atom is -0.450 e. The summed E-state index contributed by atoms with van der Waals surface area (Å²) >= 11 is 4.79. The fraction of sp³-hybridized carbons (Fsp3) is 0.217. The molecule has 1 amide bonds. The van der Waals surface area contributed by atoms with Crippen molar-refractivity contribution in [1.82, 2.24) is 10.2 Å². The van der Waals surface area contributed by atoms with Gasteiger partial charge in [0.25, 0.3) is 5.91 Å². The van der Waals surface area contributed by atoms with Gasteiger partial charge in [0, 0.05) is 10.9 Å². The number of nitrogens with zero attached hydrogens (tertiary/aromatic N) is 3. The van der Waals surface area contributed by atoms with E-state index >= 15 is 0 Å². The zero-order valence-corrected chi connectivity index (χ0v) is 19.2. The van der Waals surface area contributed by atoms with Crippen LogP contribution in [0.15, 0.2) is 62.2 Å². The molecule has 0 fully saturated rings. The Hall–Kier alpha value is -2.84. The van der Waals surface area contributed by atoms with Crippen LogP contribution in [0.1, 0.15) is 46.6 Å². The Morgan fingerprint density at radius 2 is 1.90 bits per heavy atom. The summed E-state index contributed by atoms with van der Waals surface area (Å²) in [6.45, 7) is 4.22. The van der Waals surface area contributed by atoms with E-state index in [1.165, 1.54) is 11.3 Å². The molecule has 2 aromatic heterocycles. The van der Waals surface area contributed by atoms with Gasteiger partial charge in [-0.3, -0.25) is 14.5 Å². The van der Waals surface area contributed by atoms with E-state index < -0.39 is 6.04 Å². The van der Waals surface area contributed by atoms with Crippen molar-refractivity contribution in [2.45, 2.75) is 26.3 Å². The predicted molar refractivity (Wildman–Crippen MR) is 124 cm³/mol. The van der Waals surface area contributed by atoms with Gasteiger partial charge in [-0.15, -0.1) is 10.2 Å². The summed E-state index contributed by atoms with van der Waals surface area (Å²) < 4.78 is 6.74. The van der Waals surface area contributed by atoms with Crippen molar-refractivity contribution in [1.29, 1.82) is 0 Å². The van der Waals surface area contributed by atoms with Gasteiger partial charge < -0.3 is 4.42 Å². The van der Waals surface area contributed by atoms with Crippen LogP contribution in [0.25, 0.3) is 11.0 Å². The molecule has 0 N–H and O–H groups in total. The topological polar surface area (TPSA) is 76.3 Å². The van der Waals surface area contributed by atoms with E-state index in [1.54, 1.807) is 23.1 Å². The Kier molecular flexibility index (Phi) is 4.98. The highest BCUT2D eigenvalue weighted by Gasteiger charge is 2.45. The SMILES string of the molecule is CC(C)Cc1nnc(N2C(=O)c3oc4ccc(Br)cc4c(=O)c3[C@@H]2c2ccccc2)s1. The Morgan fingerprint density at radius 1 is 1.13 bits per heavy atom. The standard InChI is InChI=1S/C23H18BrN3O3S/c1-12(2)10-17-25-26-23(31-17)27-19(13-6-4-3-5-7-13)18-20(28)15-11-14(24)8-9-16(15)30-21(18)22(27)29/h3-9,11-12,19H,10H2,1-2H3/t19-/m0/s1. The summed E-state index contributed by atoms with van der Waals surface area (Å²) in [4.78, 5) is 28.6. The number of fused-ring (bicyclic) bond motifs is 2. The lowest BCUT2D eigenvalue weighted by atomic mass is 9.99. The zero-order valence-electron chi connectivity index (χ0n) is 16.8. The van der Waals surface area contributed by atoms with Crippen molar-refractivity contribution >= 4 is 49.3 Å². The van der Waals surface area contributed by atoms with Gasteiger partial charge in [-0.05, 0) is 29.7 Å². The summed E-state index contributed by atoms with van der Waals surface area (Å²) in [7, 11) is 0. The van der Waals surface area contributed by atoms with Crippen molar-refractivity contribution in [3.63, 3.8) is 0 Å². The Bertz CT molecular complexity index is 1360.